The van der Waals surface area contributed by atoms with Gasteiger partial charge in [0.1, 0.15) is 11.9 Å². The largest absolute Gasteiger partial charge is 0.347 e. The quantitative estimate of drug-likeness (QED) is 0.853. The van der Waals surface area contributed by atoms with Crippen molar-refractivity contribution in [1.82, 2.24) is 10.2 Å². The average molecular weight is 265 g/mol. The van der Waals surface area contributed by atoms with Crippen LogP contribution in [0.5, 0.6) is 0 Å². The molecule has 2 rings (SSSR count). The van der Waals surface area contributed by atoms with Crippen LogP contribution in [0.25, 0.3) is 0 Å². The van der Waals surface area contributed by atoms with E-state index in [1.54, 1.807) is 21.0 Å². The van der Waals surface area contributed by atoms with E-state index in [0.717, 1.165) is 0 Å². The molecule has 2 unspecified atom stereocenters. The highest BCUT2D eigenvalue weighted by Crippen LogP contribution is 2.31. The topological polar surface area (TPSA) is 61.4 Å². The molecule has 1 aromatic rings. The Labute approximate surface area is 110 Å². The highest BCUT2D eigenvalue weighted by molar-refractivity contribution is 6.02. The van der Waals surface area contributed by atoms with Gasteiger partial charge in [0.2, 0.25) is 11.8 Å². The molecule has 2 atom stereocenters. The van der Waals surface area contributed by atoms with E-state index in [0.29, 0.717) is 11.3 Å². The lowest BCUT2D eigenvalue weighted by Crippen LogP contribution is -2.44. The molecule has 0 fully saturated rings. The Hall–Kier alpha value is -1.95. The van der Waals surface area contributed by atoms with Gasteiger partial charge in [-0.25, -0.2) is 4.39 Å². The number of rotatable bonds is 3. The number of amides is 2. The Morgan fingerprint density at radius 1 is 1.47 bits per heavy atom. The minimum atomic E-state index is -0.704. The van der Waals surface area contributed by atoms with E-state index in [2.05, 4.69) is 10.6 Å². The molecular formula is C13H16FN3O2. The van der Waals surface area contributed by atoms with Gasteiger partial charge in [0, 0.05) is 25.3 Å². The Balaban J connectivity index is 2.20. The van der Waals surface area contributed by atoms with Gasteiger partial charge in [-0.05, 0) is 25.1 Å². The van der Waals surface area contributed by atoms with Gasteiger partial charge in [-0.1, -0.05) is 0 Å². The molecule has 0 radical (unpaired) electrons. The van der Waals surface area contributed by atoms with Crippen molar-refractivity contribution >= 4 is 17.5 Å². The van der Waals surface area contributed by atoms with Crippen molar-refractivity contribution in [2.24, 2.45) is 0 Å². The van der Waals surface area contributed by atoms with Crippen molar-refractivity contribution in [1.29, 1.82) is 0 Å². The Morgan fingerprint density at radius 3 is 2.79 bits per heavy atom. The van der Waals surface area contributed by atoms with Crippen molar-refractivity contribution in [2.75, 3.05) is 19.4 Å². The van der Waals surface area contributed by atoms with Crippen LogP contribution < -0.4 is 10.6 Å². The summed E-state index contributed by atoms with van der Waals surface area (Å²) >= 11 is 0. The predicted molar refractivity (Wildman–Crippen MR) is 69.1 cm³/mol. The summed E-state index contributed by atoms with van der Waals surface area (Å²) in [5.74, 6) is -0.828. The highest BCUT2D eigenvalue weighted by atomic mass is 19.1. The molecule has 0 saturated carbocycles. The maximum atomic E-state index is 13.2. The number of hydrogen-bond donors (Lipinski definition) is 2. The molecule has 0 aliphatic carbocycles. The number of carbonyl (C=O) groups excluding carboxylic acids is 2. The fraction of sp³-hybridized carbons (Fsp3) is 0.385. The van der Waals surface area contributed by atoms with Gasteiger partial charge < -0.3 is 10.2 Å². The van der Waals surface area contributed by atoms with Crippen LogP contribution in [0, 0.1) is 5.82 Å². The summed E-state index contributed by atoms with van der Waals surface area (Å²) in [4.78, 5) is 25.1. The molecular weight excluding hydrogens is 249 g/mol. The molecule has 0 bridgehead atoms. The average Bonchev–Trinajstić information content (AvgIpc) is 2.65. The maximum Gasteiger partial charge on any atom is 0.246 e. The van der Waals surface area contributed by atoms with E-state index in [9.17, 15) is 14.0 Å². The number of halogens is 1. The molecule has 0 saturated heterocycles. The number of likely N-dealkylation sites (N-methyl/N-ethyl adjacent to an activating group) is 1. The van der Waals surface area contributed by atoms with Gasteiger partial charge in [-0.15, -0.1) is 0 Å². The van der Waals surface area contributed by atoms with Crippen LogP contribution in [0.1, 0.15) is 18.5 Å². The van der Waals surface area contributed by atoms with Crippen molar-refractivity contribution < 1.29 is 14.0 Å². The van der Waals surface area contributed by atoms with Crippen LogP contribution in [0.4, 0.5) is 10.1 Å². The van der Waals surface area contributed by atoms with Crippen molar-refractivity contribution in [3.8, 4) is 0 Å². The number of fused-ring (bicyclic) bond motifs is 1. The van der Waals surface area contributed by atoms with Gasteiger partial charge in [0.05, 0.1) is 6.04 Å². The molecule has 1 aliphatic heterocycles. The Kier molecular flexibility index (Phi) is 3.53. The predicted octanol–water partition coefficient (Wildman–Crippen LogP) is 0.885. The first kappa shape index (κ1) is 13.5. The number of carbonyl (C=O) groups is 2. The molecule has 19 heavy (non-hydrogen) atoms. The number of benzene rings is 1. The van der Waals surface area contributed by atoms with Crippen molar-refractivity contribution in [3.05, 3.63) is 29.6 Å². The lowest BCUT2D eigenvalue weighted by atomic mass is 10.1. The van der Waals surface area contributed by atoms with Gasteiger partial charge in [-0.2, -0.15) is 0 Å². The van der Waals surface area contributed by atoms with Crippen LogP contribution in [0.15, 0.2) is 18.2 Å². The molecule has 2 N–H and O–H groups in total. The summed E-state index contributed by atoms with van der Waals surface area (Å²) in [5, 5.41) is 5.58. The lowest BCUT2D eigenvalue weighted by molar-refractivity contribution is -0.131. The second kappa shape index (κ2) is 4.97. The summed E-state index contributed by atoms with van der Waals surface area (Å²) < 4.78 is 13.2. The molecule has 1 aliphatic rings. The molecule has 1 heterocycles. The molecule has 5 nitrogen and oxygen atoms in total. The molecule has 0 aromatic heterocycles. The van der Waals surface area contributed by atoms with E-state index < -0.39 is 17.9 Å². The van der Waals surface area contributed by atoms with Gasteiger partial charge in [0.25, 0.3) is 0 Å². The first-order chi connectivity index (χ1) is 8.90. The summed E-state index contributed by atoms with van der Waals surface area (Å²) in [7, 11) is 3.28. The van der Waals surface area contributed by atoms with E-state index >= 15 is 0 Å². The van der Waals surface area contributed by atoms with E-state index in [-0.39, 0.29) is 11.8 Å². The SMILES string of the molecule is CC(NC1C(=O)Nc2ccc(F)cc21)C(=O)N(C)C. The molecule has 2 amide bonds. The maximum absolute atomic E-state index is 13.2. The monoisotopic (exact) mass is 265 g/mol. The van der Waals surface area contributed by atoms with Crippen molar-refractivity contribution in [3.63, 3.8) is 0 Å². The van der Waals surface area contributed by atoms with E-state index in [1.807, 2.05) is 0 Å². The van der Waals surface area contributed by atoms with E-state index in [1.165, 1.54) is 23.1 Å². The summed E-state index contributed by atoms with van der Waals surface area (Å²) in [6.07, 6.45) is 0. The molecule has 102 valence electrons. The normalized spacial score (nSPS) is 18.7. The summed E-state index contributed by atoms with van der Waals surface area (Å²) in [5.41, 5.74) is 1.11. The second-order valence-corrected chi connectivity index (χ2v) is 4.77. The minimum absolute atomic E-state index is 0.141. The number of hydrogen-bond acceptors (Lipinski definition) is 3. The van der Waals surface area contributed by atoms with Gasteiger partial charge >= 0.3 is 0 Å². The van der Waals surface area contributed by atoms with Crippen LogP contribution in [-0.2, 0) is 9.59 Å². The molecule has 1 aromatic carbocycles. The zero-order valence-electron chi connectivity index (χ0n) is 11.0. The molecule has 0 spiro atoms. The minimum Gasteiger partial charge on any atom is -0.347 e. The highest BCUT2D eigenvalue weighted by Gasteiger charge is 2.33. The fourth-order valence-corrected chi connectivity index (χ4v) is 2.11. The Morgan fingerprint density at radius 2 is 2.16 bits per heavy atom. The second-order valence-electron chi connectivity index (χ2n) is 4.77. The fourth-order valence-electron chi connectivity index (χ4n) is 2.11. The number of anilines is 1. The third-order valence-electron chi connectivity index (χ3n) is 3.07. The van der Waals surface area contributed by atoms with Crippen LogP contribution in [-0.4, -0.2) is 36.9 Å². The lowest BCUT2D eigenvalue weighted by Gasteiger charge is -2.21. The smallest absolute Gasteiger partial charge is 0.246 e. The van der Waals surface area contributed by atoms with Gasteiger partial charge in [0.15, 0.2) is 0 Å². The third-order valence-corrected chi connectivity index (χ3v) is 3.07. The van der Waals surface area contributed by atoms with Crippen LogP contribution in [0.2, 0.25) is 0 Å². The first-order valence-electron chi connectivity index (χ1n) is 5.97. The molecule has 6 heteroatoms. The zero-order chi connectivity index (χ0) is 14.2. The Bertz CT molecular complexity index is 531. The van der Waals surface area contributed by atoms with E-state index in [4.69, 9.17) is 0 Å². The third kappa shape index (κ3) is 2.58. The van der Waals surface area contributed by atoms with Crippen LogP contribution >= 0.6 is 0 Å². The van der Waals surface area contributed by atoms with Crippen LogP contribution in [0.3, 0.4) is 0 Å². The summed E-state index contributed by atoms with van der Waals surface area (Å²) in [6, 6.07) is 2.88. The number of nitrogens with zero attached hydrogens (tertiary/aromatic N) is 1. The standard InChI is InChI=1S/C13H16FN3O2/c1-7(13(19)17(2)3)15-11-9-6-8(14)4-5-10(9)16-12(11)18/h4-7,11,15H,1-3H3,(H,16,18). The zero-order valence-corrected chi connectivity index (χ0v) is 11.0. The number of nitrogens with one attached hydrogen (secondary N) is 2. The first-order valence-corrected chi connectivity index (χ1v) is 5.97. The van der Waals surface area contributed by atoms with Crippen molar-refractivity contribution in [2.45, 2.75) is 19.0 Å². The summed E-state index contributed by atoms with van der Waals surface area (Å²) in [6.45, 7) is 1.67. The van der Waals surface area contributed by atoms with Gasteiger partial charge in [-0.3, -0.25) is 14.9 Å².